The number of methoxy groups -OCH3 is 1. The minimum absolute atomic E-state index is 0.163. The van der Waals surface area contributed by atoms with Crippen LogP contribution in [0.2, 0.25) is 0 Å². The lowest BCUT2D eigenvalue weighted by Crippen LogP contribution is -2.46. The number of nitrogens with one attached hydrogen (secondary N) is 1. The molecule has 0 saturated carbocycles. The lowest BCUT2D eigenvalue weighted by molar-refractivity contribution is -0.143. The molecule has 6 heteroatoms. The zero-order valence-electron chi connectivity index (χ0n) is 13.2. The van der Waals surface area contributed by atoms with Gasteiger partial charge in [0.1, 0.15) is 5.60 Å². The highest BCUT2D eigenvalue weighted by Gasteiger charge is 2.27. The molecule has 0 aromatic heterocycles. The highest BCUT2D eigenvalue weighted by atomic mass is 16.6. The van der Waals surface area contributed by atoms with Gasteiger partial charge in [-0.3, -0.25) is 4.79 Å². The maximum Gasteiger partial charge on any atom is 0.407 e. The Hall–Kier alpha value is -1.30. The van der Waals surface area contributed by atoms with Crippen molar-refractivity contribution >= 4 is 12.1 Å². The second-order valence-corrected chi connectivity index (χ2v) is 6.23. The molecule has 0 aromatic carbocycles. The Bertz CT molecular complexity index is 322. The molecule has 0 aromatic rings. The summed E-state index contributed by atoms with van der Waals surface area (Å²) in [5, 5.41) is 12.7. The van der Waals surface area contributed by atoms with E-state index < -0.39 is 29.8 Å². The number of hydrogen-bond donors (Lipinski definition) is 2. The smallest absolute Gasteiger partial charge is 0.407 e. The third-order valence-electron chi connectivity index (χ3n) is 2.50. The minimum atomic E-state index is -1.00. The molecule has 1 amide bonds. The lowest BCUT2D eigenvalue weighted by Gasteiger charge is -2.27. The van der Waals surface area contributed by atoms with Crippen molar-refractivity contribution in [2.45, 2.75) is 65.2 Å². The van der Waals surface area contributed by atoms with Crippen LogP contribution in [0.5, 0.6) is 0 Å². The fourth-order valence-corrected chi connectivity index (χ4v) is 1.68. The number of esters is 1. The summed E-state index contributed by atoms with van der Waals surface area (Å²) in [4.78, 5) is 23.0. The van der Waals surface area contributed by atoms with E-state index in [2.05, 4.69) is 10.1 Å². The molecule has 2 unspecified atom stereocenters. The molecule has 2 atom stereocenters. The van der Waals surface area contributed by atoms with Gasteiger partial charge in [0.05, 0.1) is 25.7 Å². The molecule has 0 heterocycles. The van der Waals surface area contributed by atoms with E-state index in [0.29, 0.717) is 6.42 Å². The summed E-state index contributed by atoms with van der Waals surface area (Å²) in [6, 6.07) is -0.552. The third kappa shape index (κ3) is 8.74. The number of ether oxygens (including phenoxy) is 2. The first-order chi connectivity index (χ1) is 9.05. The van der Waals surface area contributed by atoms with Gasteiger partial charge in [0, 0.05) is 0 Å². The van der Waals surface area contributed by atoms with Crippen molar-refractivity contribution < 1.29 is 24.2 Å². The second-order valence-electron chi connectivity index (χ2n) is 6.23. The lowest BCUT2D eigenvalue weighted by atomic mass is 9.97. The van der Waals surface area contributed by atoms with E-state index in [1.807, 2.05) is 13.8 Å². The SMILES string of the molecule is COC(=O)CC(O)C(CC(C)C)NC(=O)OC(C)(C)C. The molecular weight excluding hydrogens is 262 g/mol. The van der Waals surface area contributed by atoms with Gasteiger partial charge < -0.3 is 19.9 Å². The Morgan fingerprint density at radius 1 is 1.25 bits per heavy atom. The average Bonchev–Trinajstić information content (AvgIpc) is 2.24. The van der Waals surface area contributed by atoms with E-state index in [1.54, 1.807) is 20.8 Å². The van der Waals surface area contributed by atoms with Crippen LogP contribution in [0.15, 0.2) is 0 Å². The number of carbonyl (C=O) groups excluding carboxylic acids is 2. The second kappa shape index (κ2) is 8.09. The van der Waals surface area contributed by atoms with E-state index in [0.717, 1.165) is 0 Å². The van der Waals surface area contributed by atoms with Gasteiger partial charge in [-0.05, 0) is 33.1 Å². The fraction of sp³-hybridized carbons (Fsp3) is 0.857. The molecule has 0 bridgehead atoms. The van der Waals surface area contributed by atoms with Crippen LogP contribution in [0.4, 0.5) is 4.79 Å². The Morgan fingerprint density at radius 3 is 2.20 bits per heavy atom. The molecule has 0 aliphatic carbocycles. The largest absolute Gasteiger partial charge is 0.469 e. The summed E-state index contributed by atoms with van der Waals surface area (Å²) in [5.41, 5.74) is -0.611. The number of amides is 1. The molecule has 0 aliphatic rings. The van der Waals surface area contributed by atoms with Crippen molar-refractivity contribution in [2.75, 3.05) is 7.11 Å². The summed E-state index contributed by atoms with van der Waals surface area (Å²) in [6.07, 6.45) is -1.23. The predicted octanol–water partition coefficient (Wildman–Crippen LogP) is 1.85. The number of rotatable bonds is 6. The van der Waals surface area contributed by atoms with Crippen LogP contribution < -0.4 is 5.32 Å². The standard InChI is InChI=1S/C14H27NO5/c1-9(2)7-10(11(16)8-12(17)19-6)15-13(18)20-14(3,4)5/h9-11,16H,7-8H2,1-6H3,(H,15,18). The number of alkyl carbamates (subject to hydrolysis) is 1. The molecule has 2 N–H and O–H groups in total. The van der Waals surface area contributed by atoms with E-state index in [1.165, 1.54) is 7.11 Å². The maximum absolute atomic E-state index is 11.7. The molecule has 0 aliphatic heterocycles. The molecule has 0 rings (SSSR count). The number of hydrogen-bond acceptors (Lipinski definition) is 5. The van der Waals surface area contributed by atoms with Crippen LogP contribution in [0.3, 0.4) is 0 Å². The van der Waals surface area contributed by atoms with Gasteiger partial charge >= 0.3 is 12.1 Å². The number of aliphatic hydroxyl groups is 1. The van der Waals surface area contributed by atoms with Crippen molar-refractivity contribution in [3.63, 3.8) is 0 Å². The van der Waals surface area contributed by atoms with E-state index in [4.69, 9.17) is 4.74 Å². The van der Waals surface area contributed by atoms with Gasteiger partial charge in [-0.1, -0.05) is 13.8 Å². The third-order valence-corrected chi connectivity index (χ3v) is 2.50. The van der Waals surface area contributed by atoms with Crippen molar-refractivity contribution in [1.29, 1.82) is 0 Å². The van der Waals surface area contributed by atoms with Gasteiger partial charge in [-0.2, -0.15) is 0 Å². The van der Waals surface area contributed by atoms with E-state index >= 15 is 0 Å². The number of aliphatic hydroxyl groups excluding tert-OH is 1. The molecule has 0 fully saturated rings. The topological polar surface area (TPSA) is 84.9 Å². The highest BCUT2D eigenvalue weighted by molar-refractivity contribution is 5.71. The molecule has 0 saturated heterocycles. The zero-order chi connectivity index (χ0) is 15.9. The molecule has 0 spiro atoms. The van der Waals surface area contributed by atoms with Crippen LogP contribution in [0.1, 0.15) is 47.5 Å². The summed E-state index contributed by atoms with van der Waals surface area (Å²) in [5.74, 6) is -0.264. The van der Waals surface area contributed by atoms with Gasteiger partial charge in [0.25, 0.3) is 0 Å². The van der Waals surface area contributed by atoms with Crippen molar-refractivity contribution in [3.8, 4) is 0 Å². The summed E-state index contributed by atoms with van der Waals surface area (Å²) >= 11 is 0. The minimum Gasteiger partial charge on any atom is -0.469 e. The van der Waals surface area contributed by atoms with Gasteiger partial charge in [-0.15, -0.1) is 0 Å². The van der Waals surface area contributed by atoms with Crippen LogP contribution in [0, 0.1) is 5.92 Å². The van der Waals surface area contributed by atoms with E-state index in [9.17, 15) is 14.7 Å². The number of carbonyl (C=O) groups is 2. The Balaban J connectivity index is 4.63. The molecule has 118 valence electrons. The van der Waals surface area contributed by atoms with Gasteiger partial charge in [-0.25, -0.2) is 4.79 Å². The van der Waals surface area contributed by atoms with Crippen LogP contribution in [0.25, 0.3) is 0 Å². The monoisotopic (exact) mass is 289 g/mol. The first-order valence-electron chi connectivity index (χ1n) is 6.79. The Morgan fingerprint density at radius 2 is 1.80 bits per heavy atom. The van der Waals surface area contributed by atoms with Crippen molar-refractivity contribution in [2.24, 2.45) is 5.92 Å². The van der Waals surface area contributed by atoms with Crippen LogP contribution in [-0.2, 0) is 14.3 Å². The molecular formula is C14H27NO5. The van der Waals surface area contributed by atoms with Gasteiger partial charge in [0.2, 0.25) is 0 Å². The molecule has 6 nitrogen and oxygen atoms in total. The van der Waals surface area contributed by atoms with Gasteiger partial charge in [0.15, 0.2) is 0 Å². The summed E-state index contributed by atoms with van der Waals surface area (Å²) in [7, 11) is 1.26. The fourth-order valence-electron chi connectivity index (χ4n) is 1.68. The van der Waals surface area contributed by atoms with Crippen LogP contribution >= 0.6 is 0 Å². The average molecular weight is 289 g/mol. The Kier molecular flexibility index (Phi) is 7.57. The predicted molar refractivity (Wildman–Crippen MR) is 75.3 cm³/mol. The first-order valence-corrected chi connectivity index (χ1v) is 6.79. The van der Waals surface area contributed by atoms with Crippen molar-refractivity contribution in [1.82, 2.24) is 5.32 Å². The summed E-state index contributed by atoms with van der Waals surface area (Å²) < 4.78 is 9.67. The van der Waals surface area contributed by atoms with Crippen molar-refractivity contribution in [3.05, 3.63) is 0 Å². The normalized spacial score (nSPS) is 14.6. The quantitative estimate of drug-likeness (QED) is 0.729. The van der Waals surface area contributed by atoms with E-state index in [-0.39, 0.29) is 12.3 Å². The molecule has 0 radical (unpaired) electrons. The highest BCUT2D eigenvalue weighted by Crippen LogP contribution is 2.13. The first kappa shape index (κ1) is 18.7. The Labute approximate surface area is 120 Å². The van der Waals surface area contributed by atoms with Crippen LogP contribution in [-0.4, -0.2) is 42.0 Å². The zero-order valence-corrected chi connectivity index (χ0v) is 13.2. The maximum atomic E-state index is 11.7. The summed E-state index contributed by atoms with van der Waals surface area (Å²) in [6.45, 7) is 9.21. The molecule has 20 heavy (non-hydrogen) atoms.